The van der Waals surface area contributed by atoms with Crippen LogP contribution in [0.1, 0.15) is 37.8 Å². The van der Waals surface area contributed by atoms with E-state index in [0.717, 1.165) is 14.9 Å². The average molecular weight is 444 g/mol. The molecule has 0 radical (unpaired) electrons. The Morgan fingerprint density at radius 1 is 1.18 bits per heavy atom. The Morgan fingerprint density at radius 3 is 2.46 bits per heavy atom. The Balaban J connectivity index is 1.71. The monoisotopic (exact) mass is 443 g/mol. The number of urea groups is 1. The molecule has 1 atom stereocenters. The van der Waals surface area contributed by atoms with Crippen molar-refractivity contribution >= 4 is 39.5 Å². The minimum atomic E-state index is -1.21. The van der Waals surface area contributed by atoms with E-state index in [-0.39, 0.29) is 6.54 Å². The molecule has 2 aromatic rings. The normalized spacial score (nSPS) is 19.1. The lowest BCUT2D eigenvalue weighted by Gasteiger charge is -2.22. The molecule has 3 rings (SSSR count). The summed E-state index contributed by atoms with van der Waals surface area (Å²) in [6.45, 7) is 5.47. The van der Waals surface area contributed by atoms with E-state index in [1.165, 1.54) is 0 Å². The highest BCUT2D eigenvalue weighted by Crippen LogP contribution is 2.30. The van der Waals surface area contributed by atoms with E-state index in [2.05, 4.69) is 40.4 Å². The minimum Gasteiger partial charge on any atom is -0.325 e. The Hall–Kier alpha value is -2.67. The molecule has 6 nitrogen and oxygen atoms in total. The molecule has 0 bridgehead atoms. The molecule has 0 spiro atoms. The number of amides is 4. The third kappa shape index (κ3) is 3.94. The number of carbonyl (C=O) groups is 3. The van der Waals surface area contributed by atoms with Crippen LogP contribution in [0.15, 0.2) is 53.0 Å². The van der Waals surface area contributed by atoms with Crippen molar-refractivity contribution in [2.24, 2.45) is 0 Å². The first-order valence-electron chi connectivity index (χ1n) is 9.00. The molecule has 7 heteroatoms. The maximum Gasteiger partial charge on any atom is 0.325 e. The summed E-state index contributed by atoms with van der Waals surface area (Å²) in [5, 5.41) is 5.43. The second-order valence-corrected chi connectivity index (χ2v) is 8.20. The molecule has 4 amide bonds. The highest BCUT2D eigenvalue weighted by atomic mass is 79.9. The van der Waals surface area contributed by atoms with Gasteiger partial charge in [0.15, 0.2) is 0 Å². The maximum atomic E-state index is 12.9. The lowest BCUT2D eigenvalue weighted by molar-refractivity contribution is -0.133. The maximum absolute atomic E-state index is 12.9. The van der Waals surface area contributed by atoms with E-state index in [9.17, 15) is 14.4 Å². The second-order valence-electron chi connectivity index (χ2n) is 7.28. The zero-order chi connectivity index (χ0) is 20.5. The topological polar surface area (TPSA) is 78.5 Å². The van der Waals surface area contributed by atoms with Crippen molar-refractivity contribution in [1.82, 2.24) is 10.2 Å². The Morgan fingerprint density at radius 2 is 1.86 bits per heavy atom. The van der Waals surface area contributed by atoms with Crippen LogP contribution in [-0.4, -0.2) is 29.3 Å². The summed E-state index contributed by atoms with van der Waals surface area (Å²) >= 11 is 3.37. The fourth-order valence-corrected chi connectivity index (χ4v) is 3.53. The quantitative estimate of drug-likeness (QED) is 0.685. The van der Waals surface area contributed by atoms with Crippen molar-refractivity contribution < 1.29 is 14.4 Å². The molecular formula is C21H22BrN3O3. The van der Waals surface area contributed by atoms with E-state index in [4.69, 9.17) is 0 Å². The summed E-state index contributed by atoms with van der Waals surface area (Å²) in [5.74, 6) is -0.494. The van der Waals surface area contributed by atoms with Gasteiger partial charge in [-0.05, 0) is 48.2 Å². The van der Waals surface area contributed by atoms with Crippen molar-refractivity contribution in [1.29, 1.82) is 0 Å². The summed E-state index contributed by atoms with van der Waals surface area (Å²) in [6, 6.07) is 14.1. The molecule has 0 saturated carbocycles. The molecule has 1 aliphatic rings. The van der Waals surface area contributed by atoms with Crippen LogP contribution in [0.25, 0.3) is 0 Å². The van der Waals surface area contributed by atoms with E-state index in [0.29, 0.717) is 17.2 Å². The predicted octanol–water partition coefficient (Wildman–Crippen LogP) is 3.98. The summed E-state index contributed by atoms with van der Waals surface area (Å²) in [7, 11) is 0. The largest absolute Gasteiger partial charge is 0.325 e. The number of rotatable bonds is 5. The number of hydrogen-bond donors (Lipinski definition) is 2. The predicted molar refractivity (Wildman–Crippen MR) is 111 cm³/mol. The van der Waals surface area contributed by atoms with Gasteiger partial charge in [-0.3, -0.25) is 14.5 Å². The molecule has 0 aliphatic carbocycles. The van der Waals surface area contributed by atoms with Gasteiger partial charge in [0.2, 0.25) is 5.91 Å². The van der Waals surface area contributed by atoms with Gasteiger partial charge in [0.05, 0.1) is 0 Å². The molecule has 1 heterocycles. The summed E-state index contributed by atoms with van der Waals surface area (Å²) in [4.78, 5) is 38.6. The number of imide groups is 1. The molecular weight excluding hydrogens is 422 g/mol. The van der Waals surface area contributed by atoms with Gasteiger partial charge in [-0.2, -0.15) is 0 Å². The Labute approximate surface area is 172 Å². The number of anilines is 1. The fourth-order valence-electron chi connectivity index (χ4n) is 3.13. The lowest BCUT2D eigenvalue weighted by Crippen LogP contribution is -2.42. The summed E-state index contributed by atoms with van der Waals surface area (Å²) < 4.78 is 0.800. The van der Waals surface area contributed by atoms with Crippen LogP contribution in [0.5, 0.6) is 0 Å². The van der Waals surface area contributed by atoms with Crippen molar-refractivity contribution in [2.75, 3.05) is 11.9 Å². The Bertz CT molecular complexity index is 927. The van der Waals surface area contributed by atoms with E-state index < -0.39 is 23.4 Å². The number of nitrogens with one attached hydrogen (secondary N) is 2. The van der Waals surface area contributed by atoms with Crippen LogP contribution in [0.3, 0.4) is 0 Å². The highest BCUT2D eigenvalue weighted by Gasteiger charge is 2.49. The van der Waals surface area contributed by atoms with Gasteiger partial charge in [0.25, 0.3) is 5.91 Å². The van der Waals surface area contributed by atoms with E-state index in [1.54, 1.807) is 25.1 Å². The van der Waals surface area contributed by atoms with E-state index >= 15 is 0 Å². The molecule has 2 aromatic carbocycles. The number of nitrogens with zero attached hydrogens (tertiary/aromatic N) is 1. The van der Waals surface area contributed by atoms with Crippen LogP contribution < -0.4 is 10.6 Å². The molecule has 28 heavy (non-hydrogen) atoms. The first-order valence-corrected chi connectivity index (χ1v) is 9.80. The van der Waals surface area contributed by atoms with Gasteiger partial charge >= 0.3 is 6.03 Å². The van der Waals surface area contributed by atoms with Gasteiger partial charge < -0.3 is 10.6 Å². The SMILES string of the molecule is CC(C)c1ccc(NC(=O)CN2C(=O)NC(C)(c3cccc(Br)c3)C2=O)cc1. The van der Waals surface area contributed by atoms with Crippen LogP contribution in [0.4, 0.5) is 10.5 Å². The van der Waals surface area contributed by atoms with Crippen molar-refractivity contribution in [3.8, 4) is 0 Å². The van der Waals surface area contributed by atoms with Crippen LogP contribution in [0, 0.1) is 0 Å². The van der Waals surface area contributed by atoms with Gasteiger partial charge in [-0.25, -0.2) is 4.79 Å². The Kier molecular flexibility index (Phi) is 5.56. The molecule has 146 valence electrons. The van der Waals surface area contributed by atoms with Gasteiger partial charge in [0.1, 0.15) is 12.1 Å². The van der Waals surface area contributed by atoms with Crippen molar-refractivity contribution in [3.63, 3.8) is 0 Å². The third-order valence-electron chi connectivity index (χ3n) is 4.84. The van der Waals surface area contributed by atoms with E-state index in [1.807, 2.05) is 30.3 Å². The number of hydrogen-bond acceptors (Lipinski definition) is 3. The number of halogens is 1. The first-order chi connectivity index (χ1) is 13.2. The van der Waals surface area contributed by atoms with Crippen LogP contribution in [0.2, 0.25) is 0 Å². The number of benzene rings is 2. The molecule has 2 N–H and O–H groups in total. The first kappa shape index (κ1) is 20.1. The van der Waals surface area contributed by atoms with Gasteiger partial charge in [-0.1, -0.05) is 54.0 Å². The number of carbonyl (C=O) groups excluding carboxylic acids is 3. The summed E-state index contributed by atoms with van der Waals surface area (Å²) in [5.41, 5.74) is 1.22. The van der Waals surface area contributed by atoms with Crippen LogP contribution >= 0.6 is 15.9 Å². The molecule has 1 unspecified atom stereocenters. The molecule has 1 fully saturated rings. The molecule has 1 aliphatic heterocycles. The summed E-state index contributed by atoms with van der Waals surface area (Å²) in [6.07, 6.45) is 0. The van der Waals surface area contributed by atoms with Crippen molar-refractivity contribution in [3.05, 3.63) is 64.1 Å². The minimum absolute atomic E-state index is 0.347. The van der Waals surface area contributed by atoms with Gasteiger partial charge in [-0.15, -0.1) is 0 Å². The third-order valence-corrected chi connectivity index (χ3v) is 5.33. The fraction of sp³-hybridized carbons (Fsp3) is 0.286. The van der Waals surface area contributed by atoms with Crippen molar-refractivity contribution in [2.45, 2.75) is 32.2 Å². The zero-order valence-corrected chi connectivity index (χ0v) is 17.5. The zero-order valence-electron chi connectivity index (χ0n) is 16.0. The molecule has 1 saturated heterocycles. The smallest absolute Gasteiger partial charge is 0.325 e. The standard InChI is InChI=1S/C21H22BrN3O3/c1-13(2)14-7-9-17(10-8-14)23-18(26)12-25-19(27)21(3,24-20(25)28)15-5-4-6-16(22)11-15/h4-11,13H,12H2,1-3H3,(H,23,26)(H,24,28). The van der Waals surface area contributed by atoms with Crippen LogP contribution in [-0.2, 0) is 15.1 Å². The molecule has 0 aromatic heterocycles. The second kappa shape index (κ2) is 7.75. The lowest BCUT2D eigenvalue weighted by atomic mass is 9.92. The average Bonchev–Trinajstić information content (AvgIpc) is 2.86. The highest BCUT2D eigenvalue weighted by molar-refractivity contribution is 9.10. The van der Waals surface area contributed by atoms with Gasteiger partial charge in [0, 0.05) is 10.2 Å².